The van der Waals surface area contributed by atoms with E-state index in [4.69, 9.17) is 5.73 Å². The Bertz CT molecular complexity index is 751. The molecule has 1 aliphatic heterocycles. The van der Waals surface area contributed by atoms with Crippen LogP contribution >= 0.6 is 0 Å². The Labute approximate surface area is 135 Å². The molecule has 12 heteroatoms. The van der Waals surface area contributed by atoms with Crippen molar-refractivity contribution in [3.05, 3.63) is 29.6 Å². The summed E-state index contributed by atoms with van der Waals surface area (Å²) in [4.78, 5) is 0. The molecule has 0 fully saturated rings. The zero-order valence-corrected chi connectivity index (χ0v) is 13.2. The van der Waals surface area contributed by atoms with Gasteiger partial charge in [-0.05, 0) is 17.7 Å². The van der Waals surface area contributed by atoms with Crippen LogP contribution in [0.1, 0.15) is 5.56 Å². The third-order valence-corrected chi connectivity index (χ3v) is 4.73. The molecule has 0 saturated heterocycles. The van der Waals surface area contributed by atoms with Crippen molar-refractivity contribution in [2.24, 2.45) is 10.8 Å². The summed E-state index contributed by atoms with van der Waals surface area (Å²) in [5, 5.41) is 4.68. The average Bonchev–Trinajstić information content (AvgIpc) is 2.52. The molecular formula is C12H14F4N4O3S. The van der Waals surface area contributed by atoms with Gasteiger partial charge < -0.3 is 10.5 Å². The number of hydrogen-bond acceptors (Lipinski definition) is 6. The first-order valence-electron chi connectivity index (χ1n) is 6.59. The number of hydrazone groups is 1. The predicted octanol–water partition coefficient (Wildman–Crippen LogP) is 1.17. The van der Waals surface area contributed by atoms with Gasteiger partial charge in [0.15, 0.2) is 0 Å². The highest BCUT2D eigenvalue weighted by Crippen LogP contribution is 2.30. The van der Waals surface area contributed by atoms with E-state index >= 15 is 0 Å². The maximum atomic E-state index is 14.1. The lowest BCUT2D eigenvalue weighted by molar-refractivity contribution is -0.0477. The highest BCUT2D eigenvalue weighted by molar-refractivity contribution is 7.90. The third kappa shape index (κ3) is 3.24. The van der Waals surface area contributed by atoms with E-state index in [2.05, 4.69) is 9.84 Å². The largest absolute Gasteiger partial charge is 0.516 e. The van der Waals surface area contributed by atoms with Crippen LogP contribution in [0.2, 0.25) is 0 Å². The fourth-order valence-electron chi connectivity index (χ4n) is 2.04. The Hall–Kier alpha value is -2.08. The van der Waals surface area contributed by atoms with Crippen molar-refractivity contribution in [1.29, 1.82) is 0 Å². The van der Waals surface area contributed by atoms with Gasteiger partial charge in [0.1, 0.15) is 5.82 Å². The summed E-state index contributed by atoms with van der Waals surface area (Å²) >= 11 is 0. The summed E-state index contributed by atoms with van der Waals surface area (Å²) in [6, 6.07) is 3.23. The zero-order chi connectivity index (χ0) is 18.1. The second-order valence-corrected chi connectivity index (χ2v) is 6.58. The zero-order valence-electron chi connectivity index (χ0n) is 12.4. The maximum absolute atomic E-state index is 14.1. The quantitative estimate of drug-likeness (QED) is 0.807. The van der Waals surface area contributed by atoms with Gasteiger partial charge in [-0.15, -0.1) is 5.10 Å². The smallest absolute Gasteiger partial charge is 0.467 e. The van der Waals surface area contributed by atoms with E-state index < -0.39 is 33.9 Å². The normalized spacial score (nSPS) is 16.2. The summed E-state index contributed by atoms with van der Waals surface area (Å²) < 4.78 is 79.7. The number of benzene rings is 1. The number of anilines is 1. The van der Waals surface area contributed by atoms with Crippen molar-refractivity contribution in [2.75, 3.05) is 25.2 Å². The van der Waals surface area contributed by atoms with Crippen LogP contribution in [0.4, 0.5) is 23.2 Å². The molecule has 0 spiro atoms. The summed E-state index contributed by atoms with van der Waals surface area (Å²) in [7, 11) is -4.68. The minimum atomic E-state index is -5.65. The molecule has 0 atom stereocenters. The molecule has 0 bridgehead atoms. The van der Waals surface area contributed by atoms with E-state index in [1.54, 1.807) is 0 Å². The fourth-order valence-corrected chi connectivity index (χ4v) is 2.92. The predicted molar refractivity (Wildman–Crippen MR) is 77.8 cm³/mol. The third-order valence-electron chi connectivity index (χ3n) is 3.23. The first-order valence-corrected chi connectivity index (χ1v) is 8.03. The highest BCUT2D eigenvalue weighted by Gasteiger charge is 2.52. The molecule has 2 rings (SSSR count). The number of ether oxygens (including phenoxy) is 1. The van der Waals surface area contributed by atoms with Gasteiger partial charge >= 0.3 is 21.6 Å². The van der Waals surface area contributed by atoms with E-state index in [1.165, 1.54) is 12.1 Å². The van der Waals surface area contributed by atoms with Crippen molar-refractivity contribution < 1.29 is 30.7 Å². The molecule has 1 aromatic rings. The summed E-state index contributed by atoms with van der Waals surface area (Å²) in [5.74, 6) is -0.690. The molecule has 0 aromatic heterocycles. The molecule has 1 aliphatic rings. The Kier molecular flexibility index (Phi) is 4.90. The van der Waals surface area contributed by atoms with Crippen LogP contribution in [0.15, 0.2) is 23.3 Å². The van der Waals surface area contributed by atoms with Crippen LogP contribution in [0.5, 0.6) is 0 Å². The molecule has 1 aromatic carbocycles. The number of methoxy groups -OCH3 is 1. The molecule has 0 radical (unpaired) electrons. The molecule has 1 heterocycles. The van der Waals surface area contributed by atoms with Gasteiger partial charge in [0.05, 0.1) is 25.9 Å². The van der Waals surface area contributed by atoms with Gasteiger partial charge in [0.2, 0.25) is 0 Å². The fraction of sp³-hybridized carbons (Fsp3) is 0.417. The summed E-state index contributed by atoms with van der Waals surface area (Å²) in [6.45, 7) is -0.783. The first kappa shape index (κ1) is 18.3. The van der Waals surface area contributed by atoms with E-state index in [9.17, 15) is 26.0 Å². The number of alkyl halides is 3. The highest BCUT2D eigenvalue weighted by atomic mass is 32.2. The van der Waals surface area contributed by atoms with Crippen molar-refractivity contribution in [2.45, 2.75) is 12.1 Å². The number of rotatable bonds is 3. The maximum Gasteiger partial charge on any atom is 0.516 e. The van der Waals surface area contributed by atoms with Gasteiger partial charge in [-0.25, -0.2) is 8.70 Å². The van der Waals surface area contributed by atoms with Crippen LogP contribution in [0.3, 0.4) is 0 Å². The number of hydrogen-bond donors (Lipinski definition) is 1. The first-order chi connectivity index (χ1) is 11.1. The van der Waals surface area contributed by atoms with Crippen molar-refractivity contribution in [3.63, 3.8) is 0 Å². The van der Waals surface area contributed by atoms with Gasteiger partial charge in [-0.3, -0.25) is 5.01 Å². The monoisotopic (exact) mass is 370 g/mol. The van der Waals surface area contributed by atoms with Crippen molar-refractivity contribution in [1.82, 2.24) is 4.31 Å². The second-order valence-electron chi connectivity index (χ2n) is 4.72. The average molecular weight is 370 g/mol. The van der Waals surface area contributed by atoms with Gasteiger partial charge in [0.25, 0.3) is 0 Å². The minimum absolute atomic E-state index is 0.00431. The molecule has 0 aliphatic carbocycles. The molecular weight excluding hydrogens is 356 g/mol. The molecule has 7 nitrogen and oxygen atoms in total. The lowest BCUT2D eigenvalue weighted by atomic mass is 10.2. The minimum Gasteiger partial charge on any atom is -0.467 e. The van der Waals surface area contributed by atoms with Crippen LogP contribution < -0.4 is 10.7 Å². The SMILES string of the molecule is COC1=NN(c2ccc(CN)cc2F)CCN1S(=O)(=O)C(F)(F)F. The van der Waals surface area contributed by atoms with E-state index in [0.29, 0.717) is 5.56 Å². The van der Waals surface area contributed by atoms with Crippen molar-refractivity contribution in [3.8, 4) is 0 Å². The molecule has 2 N–H and O–H groups in total. The van der Waals surface area contributed by atoms with Gasteiger partial charge in [0, 0.05) is 6.54 Å². The lowest BCUT2D eigenvalue weighted by Gasteiger charge is -2.32. The Morgan fingerprint density at radius 1 is 1.33 bits per heavy atom. The Morgan fingerprint density at radius 2 is 2.00 bits per heavy atom. The van der Waals surface area contributed by atoms with E-state index in [0.717, 1.165) is 18.2 Å². The number of amidine groups is 1. The van der Waals surface area contributed by atoms with Gasteiger partial charge in [-0.1, -0.05) is 6.07 Å². The summed E-state index contributed by atoms with van der Waals surface area (Å²) in [6.07, 6.45) is 0. The molecule has 24 heavy (non-hydrogen) atoms. The molecule has 134 valence electrons. The van der Waals surface area contributed by atoms with Crippen LogP contribution in [0.25, 0.3) is 0 Å². The van der Waals surface area contributed by atoms with Crippen LogP contribution in [-0.4, -0.2) is 44.5 Å². The number of halogens is 4. The Balaban J connectivity index is 2.38. The number of sulfonamides is 1. The summed E-state index contributed by atoms with van der Waals surface area (Å²) in [5.41, 5.74) is 0.375. The number of nitrogens with two attached hydrogens (primary N) is 1. The van der Waals surface area contributed by atoms with Crippen LogP contribution in [-0.2, 0) is 21.3 Å². The standard InChI is InChI=1S/C12H14F4N4O3S/c1-23-11-18-19(10-3-2-8(7-17)6-9(10)13)4-5-20(11)24(21,22)12(14,15)16/h2-3,6H,4-5,7,17H2,1H3. The number of nitrogens with zero attached hydrogens (tertiary/aromatic N) is 3. The lowest BCUT2D eigenvalue weighted by Crippen LogP contribution is -2.51. The molecule has 0 saturated carbocycles. The molecule has 0 unspecified atom stereocenters. The molecule has 0 amide bonds. The van der Waals surface area contributed by atoms with Gasteiger partial charge in [-0.2, -0.15) is 21.6 Å². The van der Waals surface area contributed by atoms with Crippen molar-refractivity contribution >= 4 is 21.7 Å². The van der Waals surface area contributed by atoms with E-state index in [1.807, 2.05) is 0 Å². The topological polar surface area (TPSA) is 88.2 Å². The Morgan fingerprint density at radius 3 is 2.50 bits per heavy atom. The second kappa shape index (κ2) is 6.43. The van der Waals surface area contributed by atoms with Crippen LogP contribution in [0, 0.1) is 5.82 Å². The van der Waals surface area contributed by atoms with E-state index in [-0.39, 0.29) is 23.1 Å².